The second-order valence-electron chi connectivity index (χ2n) is 7.35. The number of hydrogen-bond donors (Lipinski definition) is 0. The Balaban J connectivity index is 0.00000210. The summed E-state index contributed by atoms with van der Waals surface area (Å²) in [6, 6.07) is 23.3. The van der Waals surface area contributed by atoms with Gasteiger partial charge in [-0.15, -0.1) is 0 Å². The van der Waals surface area contributed by atoms with Crippen LogP contribution in [0.1, 0.15) is 19.4 Å². The Bertz CT molecular complexity index is 1040. The Morgan fingerprint density at radius 2 is 1.59 bits per heavy atom. The minimum absolute atomic E-state index is 0. The fourth-order valence-electron chi connectivity index (χ4n) is 3.92. The van der Waals surface area contributed by atoms with Crippen molar-refractivity contribution in [1.82, 2.24) is 0 Å². The van der Waals surface area contributed by atoms with Gasteiger partial charge in [0.2, 0.25) is 11.4 Å². The summed E-state index contributed by atoms with van der Waals surface area (Å²) in [6.45, 7) is 4.52. The number of benzene rings is 3. The summed E-state index contributed by atoms with van der Waals surface area (Å²) in [7, 11) is 4.13. The van der Waals surface area contributed by atoms with Crippen LogP contribution in [-0.2, 0) is 5.41 Å². The minimum atomic E-state index is -0.0611. The predicted octanol–water partition coefficient (Wildman–Crippen LogP) is 1.97. The Morgan fingerprint density at radius 3 is 2.37 bits per heavy atom. The Hall–Kier alpha value is -2.65. The van der Waals surface area contributed by atoms with Crippen molar-refractivity contribution in [3.8, 4) is 0 Å². The van der Waals surface area contributed by atoms with Gasteiger partial charge in [0.25, 0.3) is 0 Å². The van der Waals surface area contributed by atoms with Gasteiger partial charge in [0.05, 0.1) is 11.1 Å². The van der Waals surface area contributed by atoms with Gasteiger partial charge in [-0.1, -0.05) is 54.6 Å². The Kier molecular flexibility index (Phi) is 5.07. The van der Waals surface area contributed by atoms with E-state index >= 15 is 0 Å². The topological polar surface area (TPSA) is 18.6 Å². The van der Waals surface area contributed by atoms with Gasteiger partial charge in [-0.25, -0.2) is 0 Å². The molecule has 3 aromatic rings. The summed E-state index contributed by atoms with van der Waals surface area (Å²) in [5.41, 5.74) is 4.85. The molecular weight excluding hydrogens is 354 g/mol. The van der Waals surface area contributed by atoms with Crippen molar-refractivity contribution >= 4 is 34.1 Å². The summed E-state index contributed by atoms with van der Waals surface area (Å²) in [5.74, 6) is 0. The van der Waals surface area contributed by atoms with Gasteiger partial charge in [0.15, 0.2) is 0 Å². The number of hydrazone groups is 1. The lowest BCUT2D eigenvalue weighted by atomic mass is 9.82. The molecule has 4 heteroatoms. The third kappa shape index (κ3) is 3.13. The lowest BCUT2D eigenvalue weighted by Crippen LogP contribution is -3.00. The molecule has 0 aromatic heterocycles. The lowest BCUT2D eigenvalue weighted by molar-refractivity contribution is -0.400. The zero-order valence-corrected chi connectivity index (χ0v) is 16.9. The second-order valence-corrected chi connectivity index (χ2v) is 7.35. The van der Waals surface area contributed by atoms with E-state index in [1.165, 1.54) is 27.7 Å². The van der Waals surface area contributed by atoms with E-state index in [9.17, 15) is 0 Å². The standard InChI is InChI=1S/C23H24N3.ClH/c1-23(2)19-13-7-8-14-21(19)25(3)22(23)16-24-26(4)20-15-9-11-17-10-5-6-12-18(17)20;/h5-16H,1-4H3;1H/q+1;/p-1. The normalized spacial score (nSPS) is 15.1. The summed E-state index contributed by atoms with van der Waals surface area (Å²) in [5, 5.41) is 9.18. The molecule has 3 aromatic carbocycles. The molecule has 0 spiro atoms. The van der Waals surface area contributed by atoms with Crippen LogP contribution in [0.3, 0.4) is 0 Å². The largest absolute Gasteiger partial charge is 1.00 e. The van der Waals surface area contributed by atoms with Crippen LogP contribution in [0.25, 0.3) is 10.8 Å². The van der Waals surface area contributed by atoms with Crippen LogP contribution in [0.2, 0.25) is 0 Å². The van der Waals surface area contributed by atoms with Gasteiger partial charge in [0, 0.05) is 24.1 Å². The average Bonchev–Trinajstić information content (AvgIpc) is 2.86. The molecule has 1 aliphatic heterocycles. The molecule has 3 nitrogen and oxygen atoms in total. The summed E-state index contributed by atoms with van der Waals surface area (Å²) in [6.07, 6.45) is 2.00. The number of rotatable bonds is 3. The molecule has 0 bridgehead atoms. The molecule has 138 valence electrons. The molecular formula is C23H24ClN3. The minimum Gasteiger partial charge on any atom is -1.00 e. The van der Waals surface area contributed by atoms with Crippen molar-refractivity contribution in [2.24, 2.45) is 5.10 Å². The van der Waals surface area contributed by atoms with Crippen molar-refractivity contribution in [3.63, 3.8) is 0 Å². The van der Waals surface area contributed by atoms with Crippen molar-refractivity contribution in [2.45, 2.75) is 19.3 Å². The van der Waals surface area contributed by atoms with Crippen molar-refractivity contribution < 1.29 is 17.0 Å². The maximum Gasteiger partial charge on any atom is 0.212 e. The molecule has 0 saturated carbocycles. The van der Waals surface area contributed by atoms with E-state index in [0.29, 0.717) is 0 Å². The van der Waals surface area contributed by atoms with Crippen LogP contribution in [-0.4, -0.2) is 30.6 Å². The van der Waals surface area contributed by atoms with E-state index in [-0.39, 0.29) is 17.8 Å². The molecule has 0 unspecified atom stereocenters. The summed E-state index contributed by atoms with van der Waals surface area (Å²) >= 11 is 0. The number of nitrogens with zero attached hydrogens (tertiary/aromatic N) is 3. The molecule has 4 rings (SSSR count). The molecule has 0 radical (unpaired) electrons. The first kappa shape index (κ1) is 19.1. The molecule has 0 N–H and O–H groups in total. The third-order valence-electron chi connectivity index (χ3n) is 5.41. The van der Waals surface area contributed by atoms with Crippen LogP contribution >= 0.6 is 0 Å². The van der Waals surface area contributed by atoms with Crippen LogP contribution in [0.4, 0.5) is 11.4 Å². The van der Waals surface area contributed by atoms with E-state index in [2.05, 4.69) is 92.2 Å². The van der Waals surface area contributed by atoms with Crippen LogP contribution in [0.15, 0.2) is 71.8 Å². The second kappa shape index (κ2) is 7.16. The zero-order valence-electron chi connectivity index (χ0n) is 16.1. The van der Waals surface area contributed by atoms with Crippen molar-refractivity contribution in [2.75, 3.05) is 19.1 Å². The molecule has 0 fully saturated rings. The lowest BCUT2D eigenvalue weighted by Gasteiger charge is -2.17. The summed E-state index contributed by atoms with van der Waals surface area (Å²) in [4.78, 5) is 0. The van der Waals surface area contributed by atoms with E-state index in [0.717, 1.165) is 5.69 Å². The predicted molar refractivity (Wildman–Crippen MR) is 111 cm³/mol. The highest BCUT2D eigenvalue weighted by atomic mass is 35.5. The molecule has 27 heavy (non-hydrogen) atoms. The zero-order chi connectivity index (χ0) is 18.3. The first-order valence-corrected chi connectivity index (χ1v) is 8.96. The fraction of sp³-hybridized carbons (Fsp3) is 0.217. The SMILES string of the molecule is CN(/N=C/C1=[N+](C)c2ccccc2C1(C)C)c1cccc2ccccc12.[Cl-]. The number of para-hydroxylation sites is 1. The van der Waals surface area contributed by atoms with Gasteiger partial charge in [-0.05, 0) is 25.3 Å². The summed E-state index contributed by atoms with van der Waals surface area (Å²) < 4.78 is 2.25. The van der Waals surface area contributed by atoms with E-state index < -0.39 is 0 Å². The highest BCUT2D eigenvalue weighted by Crippen LogP contribution is 2.38. The van der Waals surface area contributed by atoms with Gasteiger partial charge >= 0.3 is 0 Å². The molecule has 1 aliphatic rings. The smallest absolute Gasteiger partial charge is 0.212 e. The Labute approximate surface area is 167 Å². The maximum absolute atomic E-state index is 4.79. The van der Waals surface area contributed by atoms with Gasteiger partial charge in [0.1, 0.15) is 13.3 Å². The number of halogens is 1. The maximum atomic E-state index is 4.79. The molecule has 1 heterocycles. The number of hydrogen-bond acceptors (Lipinski definition) is 2. The molecule has 0 aliphatic carbocycles. The number of fused-ring (bicyclic) bond motifs is 2. The monoisotopic (exact) mass is 377 g/mol. The highest BCUT2D eigenvalue weighted by Gasteiger charge is 2.43. The van der Waals surface area contributed by atoms with Crippen molar-refractivity contribution in [3.05, 3.63) is 72.3 Å². The average molecular weight is 378 g/mol. The highest BCUT2D eigenvalue weighted by molar-refractivity contribution is 6.33. The molecule has 0 saturated heterocycles. The van der Waals surface area contributed by atoms with E-state index in [4.69, 9.17) is 5.10 Å². The third-order valence-corrected chi connectivity index (χ3v) is 5.41. The first-order valence-electron chi connectivity index (χ1n) is 8.96. The van der Waals surface area contributed by atoms with Crippen LogP contribution in [0, 0.1) is 0 Å². The fourth-order valence-corrected chi connectivity index (χ4v) is 3.92. The molecule has 0 amide bonds. The van der Waals surface area contributed by atoms with Gasteiger partial charge < -0.3 is 12.4 Å². The van der Waals surface area contributed by atoms with Crippen LogP contribution < -0.4 is 17.4 Å². The van der Waals surface area contributed by atoms with Crippen LogP contribution in [0.5, 0.6) is 0 Å². The Morgan fingerprint density at radius 1 is 0.926 bits per heavy atom. The van der Waals surface area contributed by atoms with Gasteiger partial charge in [-0.2, -0.15) is 9.68 Å². The molecule has 0 atom stereocenters. The first-order chi connectivity index (χ1) is 12.5. The van der Waals surface area contributed by atoms with Crippen molar-refractivity contribution in [1.29, 1.82) is 0 Å². The number of anilines is 1. The van der Waals surface area contributed by atoms with E-state index in [1.807, 2.05) is 18.3 Å². The quantitative estimate of drug-likeness (QED) is 0.388. The van der Waals surface area contributed by atoms with Gasteiger partial charge in [-0.3, -0.25) is 5.01 Å². The van der Waals surface area contributed by atoms with E-state index in [1.54, 1.807) is 0 Å².